The fraction of sp³-hybridized carbons (Fsp3) is 0.533. The van der Waals surface area contributed by atoms with Crippen molar-refractivity contribution in [3.8, 4) is 0 Å². The van der Waals surface area contributed by atoms with Gasteiger partial charge in [0.05, 0.1) is 6.20 Å². The van der Waals surface area contributed by atoms with Gasteiger partial charge in [0.1, 0.15) is 0 Å². The van der Waals surface area contributed by atoms with Crippen LogP contribution in [-0.4, -0.2) is 33.1 Å². The molecule has 1 saturated heterocycles. The second-order valence-corrected chi connectivity index (χ2v) is 5.63. The SMILES string of the molecule is Cc1cnnc(N2CCC(Cn3cccn3)CC2)c1C. The van der Waals surface area contributed by atoms with Crippen LogP contribution in [0.1, 0.15) is 24.0 Å². The van der Waals surface area contributed by atoms with Gasteiger partial charge in [0.25, 0.3) is 0 Å². The summed E-state index contributed by atoms with van der Waals surface area (Å²) in [4.78, 5) is 2.37. The minimum absolute atomic E-state index is 0.712. The highest BCUT2D eigenvalue weighted by molar-refractivity contribution is 5.48. The van der Waals surface area contributed by atoms with Crippen LogP contribution in [0.3, 0.4) is 0 Å². The van der Waals surface area contributed by atoms with Crippen molar-refractivity contribution in [1.82, 2.24) is 20.0 Å². The van der Waals surface area contributed by atoms with Crippen LogP contribution in [0.5, 0.6) is 0 Å². The first-order chi connectivity index (χ1) is 9.74. The van der Waals surface area contributed by atoms with E-state index in [2.05, 4.69) is 34.0 Å². The average Bonchev–Trinajstić information content (AvgIpc) is 2.96. The number of piperidine rings is 1. The van der Waals surface area contributed by atoms with Gasteiger partial charge in [-0.1, -0.05) is 0 Å². The van der Waals surface area contributed by atoms with Gasteiger partial charge in [-0.05, 0) is 49.8 Å². The molecule has 2 aromatic rings. The van der Waals surface area contributed by atoms with Gasteiger partial charge in [0.2, 0.25) is 0 Å². The fourth-order valence-electron chi connectivity index (χ4n) is 2.82. The van der Waals surface area contributed by atoms with E-state index in [4.69, 9.17) is 0 Å². The molecule has 106 valence electrons. The van der Waals surface area contributed by atoms with Crippen molar-refractivity contribution in [2.75, 3.05) is 18.0 Å². The lowest BCUT2D eigenvalue weighted by molar-refractivity contribution is 0.341. The maximum Gasteiger partial charge on any atom is 0.154 e. The van der Waals surface area contributed by atoms with Crippen LogP contribution in [0.15, 0.2) is 24.7 Å². The second kappa shape index (κ2) is 5.61. The second-order valence-electron chi connectivity index (χ2n) is 5.63. The van der Waals surface area contributed by atoms with Crippen molar-refractivity contribution in [3.63, 3.8) is 0 Å². The number of nitrogens with zero attached hydrogens (tertiary/aromatic N) is 5. The van der Waals surface area contributed by atoms with Gasteiger partial charge in [0, 0.05) is 32.0 Å². The highest BCUT2D eigenvalue weighted by atomic mass is 15.3. The predicted molar refractivity (Wildman–Crippen MR) is 78.7 cm³/mol. The van der Waals surface area contributed by atoms with E-state index in [-0.39, 0.29) is 0 Å². The molecule has 5 nitrogen and oxygen atoms in total. The lowest BCUT2D eigenvalue weighted by Crippen LogP contribution is -2.36. The summed E-state index contributed by atoms with van der Waals surface area (Å²) in [5.41, 5.74) is 2.47. The third-order valence-electron chi connectivity index (χ3n) is 4.25. The Labute approximate surface area is 119 Å². The molecule has 5 heteroatoms. The standard InChI is InChI=1S/C15H21N5/c1-12-10-16-18-15(13(12)2)19-8-4-14(5-9-19)11-20-7-3-6-17-20/h3,6-7,10,14H,4-5,8-9,11H2,1-2H3. The summed E-state index contributed by atoms with van der Waals surface area (Å²) in [5.74, 6) is 1.77. The van der Waals surface area contributed by atoms with Crippen LogP contribution in [-0.2, 0) is 6.54 Å². The molecular weight excluding hydrogens is 250 g/mol. The number of aromatic nitrogens is 4. The minimum atomic E-state index is 0.712. The smallest absolute Gasteiger partial charge is 0.154 e. The maximum absolute atomic E-state index is 4.32. The molecule has 2 aromatic heterocycles. The van der Waals surface area contributed by atoms with Crippen molar-refractivity contribution in [1.29, 1.82) is 0 Å². The number of hydrogen-bond acceptors (Lipinski definition) is 4. The summed E-state index contributed by atoms with van der Waals surface area (Å²) in [6.07, 6.45) is 8.11. The van der Waals surface area contributed by atoms with E-state index < -0.39 is 0 Å². The van der Waals surface area contributed by atoms with Crippen LogP contribution in [0, 0.1) is 19.8 Å². The average molecular weight is 271 g/mol. The molecule has 1 fully saturated rings. The van der Waals surface area contributed by atoms with Crippen molar-refractivity contribution < 1.29 is 0 Å². The summed E-state index contributed by atoms with van der Waals surface area (Å²) in [7, 11) is 0. The summed E-state index contributed by atoms with van der Waals surface area (Å²) < 4.78 is 2.04. The summed E-state index contributed by atoms with van der Waals surface area (Å²) in [6.45, 7) is 7.38. The molecule has 0 bridgehead atoms. The molecular formula is C15H21N5. The topological polar surface area (TPSA) is 46.8 Å². The normalized spacial score (nSPS) is 16.6. The third kappa shape index (κ3) is 2.66. The van der Waals surface area contributed by atoms with E-state index >= 15 is 0 Å². The Morgan fingerprint density at radius 3 is 2.75 bits per heavy atom. The van der Waals surface area contributed by atoms with Gasteiger partial charge < -0.3 is 4.90 Å². The van der Waals surface area contributed by atoms with Crippen LogP contribution in [0.25, 0.3) is 0 Å². The Morgan fingerprint density at radius 2 is 2.05 bits per heavy atom. The lowest BCUT2D eigenvalue weighted by atomic mass is 9.96. The molecule has 0 aliphatic carbocycles. The fourth-order valence-corrected chi connectivity index (χ4v) is 2.82. The van der Waals surface area contributed by atoms with Crippen LogP contribution < -0.4 is 4.90 Å². The van der Waals surface area contributed by atoms with Gasteiger partial charge in [0.15, 0.2) is 5.82 Å². The van der Waals surface area contributed by atoms with Crippen molar-refractivity contribution in [3.05, 3.63) is 35.8 Å². The molecule has 0 aromatic carbocycles. The molecule has 0 amide bonds. The zero-order valence-electron chi connectivity index (χ0n) is 12.2. The van der Waals surface area contributed by atoms with E-state index in [0.717, 1.165) is 25.5 Å². The first kappa shape index (κ1) is 13.1. The zero-order chi connectivity index (χ0) is 13.9. The van der Waals surface area contributed by atoms with Crippen LogP contribution in [0.2, 0.25) is 0 Å². The van der Waals surface area contributed by atoms with Gasteiger partial charge >= 0.3 is 0 Å². The van der Waals surface area contributed by atoms with E-state index in [1.165, 1.54) is 24.0 Å². The number of rotatable bonds is 3. The molecule has 0 spiro atoms. The number of aryl methyl sites for hydroxylation is 1. The Bertz CT molecular complexity index is 556. The van der Waals surface area contributed by atoms with E-state index in [9.17, 15) is 0 Å². The minimum Gasteiger partial charge on any atom is -0.355 e. The van der Waals surface area contributed by atoms with E-state index in [0.29, 0.717) is 5.92 Å². The van der Waals surface area contributed by atoms with Gasteiger partial charge in [-0.15, -0.1) is 5.10 Å². The Kier molecular flexibility index (Phi) is 3.67. The quantitative estimate of drug-likeness (QED) is 0.858. The van der Waals surface area contributed by atoms with Crippen molar-refractivity contribution >= 4 is 5.82 Å². The highest BCUT2D eigenvalue weighted by Gasteiger charge is 2.22. The van der Waals surface area contributed by atoms with Crippen molar-refractivity contribution in [2.24, 2.45) is 5.92 Å². The number of anilines is 1. The molecule has 20 heavy (non-hydrogen) atoms. The van der Waals surface area contributed by atoms with Gasteiger partial charge in [-0.25, -0.2) is 0 Å². The Morgan fingerprint density at radius 1 is 1.25 bits per heavy atom. The molecule has 0 atom stereocenters. The molecule has 1 aliphatic heterocycles. The Hall–Kier alpha value is -1.91. The molecule has 3 rings (SSSR count). The predicted octanol–water partition coefficient (Wildman–Crippen LogP) is 2.21. The molecule has 0 radical (unpaired) electrons. The number of hydrogen-bond donors (Lipinski definition) is 0. The monoisotopic (exact) mass is 271 g/mol. The summed E-state index contributed by atoms with van der Waals surface area (Å²) in [6, 6.07) is 1.99. The summed E-state index contributed by atoms with van der Waals surface area (Å²) in [5, 5.41) is 12.7. The highest BCUT2D eigenvalue weighted by Crippen LogP contribution is 2.25. The maximum atomic E-state index is 4.32. The largest absolute Gasteiger partial charge is 0.355 e. The molecule has 0 unspecified atom stereocenters. The molecule has 3 heterocycles. The van der Waals surface area contributed by atoms with Gasteiger partial charge in [-0.2, -0.15) is 10.2 Å². The third-order valence-corrected chi connectivity index (χ3v) is 4.25. The first-order valence-corrected chi connectivity index (χ1v) is 7.25. The first-order valence-electron chi connectivity index (χ1n) is 7.25. The van der Waals surface area contributed by atoms with E-state index in [1.807, 2.05) is 29.3 Å². The van der Waals surface area contributed by atoms with Crippen LogP contribution in [0.4, 0.5) is 5.82 Å². The Balaban J connectivity index is 1.62. The van der Waals surface area contributed by atoms with Crippen LogP contribution >= 0.6 is 0 Å². The molecule has 0 N–H and O–H groups in total. The van der Waals surface area contributed by atoms with Crippen molar-refractivity contribution in [2.45, 2.75) is 33.2 Å². The van der Waals surface area contributed by atoms with Gasteiger partial charge in [-0.3, -0.25) is 4.68 Å². The zero-order valence-corrected chi connectivity index (χ0v) is 12.2. The molecule has 0 saturated carbocycles. The lowest BCUT2D eigenvalue weighted by Gasteiger charge is -2.33. The summed E-state index contributed by atoms with van der Waals surface area (Å²) >= 11 is 0. The van der Waals surface area contributed by atoms with E-state index in [1.54, 1.807) is 0 Å². The molecule has 1 aliphatic rings.